The van der Waals surface area contributed by atoms with Crippen molar-refractivity contribution < 1.29 is 18.9 Å². The van der Waals surface area contributed by atoms with E-state index in [-0.39, 0.29) is 16.4 Å². The number of amides is 1. The van der Waals surface area contributed by atoms with Crippen molar-refractivity contribution in [1.29, 1.82) is 0 Å². The number of anilines is 1. The normalized spacial score (nSPS) is 11.4. The Bertz CT molecular complexity index is 2030. The van der Waals surface area contributed by atoms with Gasteiger partial charge in [-0.15, -0.1) is 0 Å². The lowest BCUT2D eigenvalue weighted by atomic mass is 10.0. The molecule has 2 aromatic heterocycles. The highest BCUT2D eigenvalue weighted by Crippen LogP contribution is 2.33. The summed E-state index contributed by atoms with van der Waals surface area (Å²) in [5.74, 6) is -0.121. The zero-order chi connectivity index (χ0) is 27.8. The van der Waals surface area contributed by atoms with Crippen molar-refractivity contribution in [3.05, 3.63) is 117 Å². The summed E-state index contributed by atoms with van der Waals surface area (Å²) in [5, 5.41) is 19.0. The molecule has 0 aliphatic rings. The van der Waals surface area contributed by atoms with E-state index in [0.717, 1.165) is 20.5 Å². The Kier molecular flexibility index (Phi) is 6.25. The first-order valence-corrected chi connectivity index (χ1v) is 12.8. The number of aromatic nitrogens is 1. The van der Waals surface area contributed by atoms with Gasteiger partial charge in [0.1, 0.15) is 16.9 Å². The molecular weight excluding hydrogens is 532 g/mol. The molecule has 6 aromatic rings. The number of nitro groups is 1. The average molecular weight is 551 g/mol. The highest BCUT2D eigenvalue weighted by atomic mass is 32.1. The number of non-ortho nitro benzene ring substituents is 1. The van der Waals surface area contributed by atoms with Gasteiger partial charge in [-0.1, -0.05) is 41.7 Å². The second-order valence-corrected chi connectivity index (χ2v) is 9.70. The van der Waals surface area contributed by atoms with Gasteiger partial charge in [-0.05, 0) is 58.8 Å². The van der Waals surface area contributed by atoms with E-state index in [1.54, 1.807) is 31.4 Å². The Morgan fingerprint density at radius 2 is 1.85 bits per heavy atom. The number of rotatable bonds is 6. The highest BCUT2D eigenvalue weighted by Gasteiger charge is 2.25. The van der Waals surface area contributed by atoms with Gasteiger partial charge in [0, 0.05) is 17.5 Å². The van der Waals surface area contributed by atoms with Crippen LogP contribution in [0.1, 0.15) is 15.9 Å². The van der Waals surface area contributed by atoms with Crippen molar-refractivity contribution in [3.63, 3.8) is 0 Å². The van der Waals surface area contributed by atoms with Gasteiger partial charge in [-0.25, -0.2) is 9.78 Å². The first kappa shape index (κ1) is 24.9. The molecule has 40 heavy (non-hydrogen) atoms. The molecule has 0 aliphatic heterocycles. The van der Waals surface area contributed by atoms with Gasteiger partial charge in [-0.3, -0.25) is 14.9 Å². The number of hydrazone groups is 1. The van der Waals surface area contributed by atoms with Crippen LogP contribution in [-0.4, -0.2) is 29.1 Å². The fourth-order valence-corrected chi connectivity index (χ4v) is 5.19. The number of nitro benzene ring substituents is 1. The first-order chi connectivity index (χ1) is 19.4. The first-order valence-electron chi connectivity index (χ1n) is 11.9. The van der Waals surface area contributed by atoms with E-state index in [4.69, 9.17) is 9.15 Å². The van der Waals surface area contributed by atoms with E-state index in [0.29, 0.717) is 27.8 Å². The van der Waals surface area contributed by atoms with Gasteiger partial charge in [0.15, 0.2) is 0 Å². The van der Waals surface area contributed by atoms with E-state index in [2.05, 4.69) is 10.1 Å². The monoisotopic (exact) mass is 550 g/mol. The zero-order valence-corrected chi connectivity index (χ0v) is 21.6. The van der Waals surface area contributed by atoms with Crippen LogP contribution in [0.3, 0.4) is 0 Å². The lowest BCUT2D eigenvalue weighted by Crippen LogP contribution is -2.30. The standard InChI is InChI=1S/C29H18N4O6S/c1-38-20-11-12-24-26(14-20)40-29(31-24)32(30-16-17-6-9-19(10-7-17)33(36)37)27(34)23-15-22-21-5-3-2-4-18(21)8-13-25(22)39-28(23)35/h2-16H,1H3/b30-16+. The van der Waals surface area contributed by atoms with Crippen LogP contribution in [0, 0.1) is 10.1 Å². The second kappa shape index (κ2) is 10.0. The molecule has 10 nitrogen and oxygen atoms in total. The maximum atomic E-state index is 13.9. The number of carbonyl (C=O) groups excluding carboxylic acids is 1. The maximum Gasteiger partial charge on any atom is 0.349 e. The van der Waals surface area contributed by atoms with Crippen molar-refractivity contribution in [1.82, 2.24) is 4.98 Å². The van der Waals surface area contributed by atoms with Gasteiger partial charge < -0.3 is 9.15 Å². The molecule has 0 fully saturated rings. The topological polar surface area (TPSA) is 128 Å². The van der Waals surface area contributed by atoms with E-state index in [1.807, 2.05) is 30.3 Å². The van der Waals surface area contributed by atoms with Crippen molar-refractivity contribution in [2.75, 3.05) is 12.1 Å². The fraction of sp³-hybridized carbons (Fsp3) is 0.0345. The summed E-state index contributed by atoms with van der Waals surface area (Å²) in [6.07, 6.45) is 1.37. The number of carbonyl (C=O) groups is 1. The fourth-order valence-electron chi connectivity index (χ4n) is 4.24. The molecule has 0 aliphatic carbocycles. The molecule has 196 valence electrons. The van der Waals surface area contributed by atoms with Crippen molar-refractivity contribution in [2.24, 2.45) is 5.10 Å². The van der Waals surface area contributed by atoms with Crippen molar-refractivity contribution in [3.8, 4) is 5.75 Å². The summed E-state index contributed by atoms with van der Waals surface area (Å²) in [5.41, 5.74) is 0.357. The van der Waals surface area contributed by atoms with Crippen LogP contribution in [0.25, 0.3) is 32.0 Å². The lowest BCUT2D eigenvalue weighted by Gasteiger charge is -2.13. The van der Waals surface area contributed by atoms with Gasteiger partial charge in [-0.2, -0.15) is 10.1 Å². The minimum absolute atomic E-state index is 0.0776. The van der Waals surface area contributed by atoms with Gasteiger partial charge >= 0.3 is 5.63 Å². The summed E-state index contributed by atoms with van der Waals surface area (Å²) in [4.78, 5) is 42.0. The zero-order valence-electron chi connectivity index (χ0n) is 20.8. The number of benzene rings is 4. The Morgan fingerprint density at radius 1 is 1.05 bits per heavy atom. The third-order valence-electron chi connectivity index (χ3n) is 6.26. The molecule has 0 unspecified atom stereocenters. The summed E-state index contributed by atoms with van der Waals surface area (Å²) >= 11 is 1.19. The van der Waals surface area contributed by atoms with Crippen LogP contribution in [-0.2, 0) is 0 Å². The molecule has 1 amide bonds. The van der Waals surface area contributed by atoms with Crippen LogP contribution in [0.15, 0.2) is 99.2 Å². The Labute approximate surface area is 229 Å². The van der Waals surface area contributed by atoms with Crippen LogP contribution in [0.4, 0.5) is 10.8 Å². The predicted molar refractivity (Wildman–Crippen MR) is 154 cm³/mol. The van der Waals surface area contributed by atoms with Crippen molar-refractivity contribution in [2.45, 2.75) is 0 Å². The second-order valence-electron chi connectivity index (χ2n) is 8.69. The van der Waals surface area contributed by atoms with Gasteiger partial charge in [0.05, 0.1) is 28.5 Å². The summed E-state index contributed by atoms with van der Waals surface area (Å²) in [7, 11) is 1.55. The maximum absolute atomic E-state index is 13.9. The molecule has 0 N–H and O–H groups in total. The van der Waals surface area contributed by atoms with Gasteiger partial charge in [0.25, 0.3) is 11.6 Å². The SMILES string of the molecule is COc1ccc2nc(N(/N=C/c3ccc([N+](=O)[O-])cc3)C(=O)c3cc4c(ccc5ccccc54)oc3=O)sc2c1. The third-order valence-corrected chi connectivity index (χ3v) is 7.25. The molecule has 0 saturated heterocycles. The number of methoxy groups -OCH3 is 1. The Hall–Kier alpha value is -5.42. The molecule has 0 bridgehead atoms. The number of fused-ring (bicyclic) bond motifs is 4. The Balaban J connectivity index is 1.48. The summed E-state index contributed by atoms with van der Waals surface area (Å²) in [6.45, 7) is 0. The molecule has 0 spiro atoms. The minimum atomic E-state index is -0.814. The highest BCUT2D eigenvalue weighted by molar-refractivity contribution is 7.22. The average Bonchev–Trinajstić information content (AvgIpc) is 3.39. The molecule has 6 rings (SSSR count). The molecule has 0 atom stereocenters. The van der Waals surface area contributed by atoms with Crippen LogP contribution >= 0.6 is 11.3 Å². The van der Waals surface area contributed by atoms with Crippen LogP contribution in [0.2, 0.25) is 0 Å². The largest absolute Gasteiger partial charge is 0.497 e. The van der Waals surface area contributed by atoms with Gasteiger partial charge in [0.2, 0.25) is 5.13 Å². The predicted octanol–water partition coefficient (Wildman–Crippen LogP) is 6.15. The summed E-state index contributed by atoms with van der Waals surface area (Å²) in [6, 6.07) is 23.6. The van der Waals surface area contributed by atoms with E-state index in [1.165, 1.54) is 47.9 Å². The smallest absolute Gasteiger partial charge is 0.349 e. The van der Waals surface area contributed by atoms with E-state index in [9.17, 15) is 19.7 Å². The number of hydrogen-bond donors (Lipinski definition) is 0. The van der Waals surface area contributed by atoms with E-state index >= 15 is 0 Å². The number of ether oxygens (including phenoxy) is 1. The number of nitrogens with zero attached hydrogens (tertiary/aromatic N) is 4. The number of thiazole rings is 1. The lowest BCUT2D eigenvalue weighted by molar-refractivity contribution is -0.384. The van der Waals surface area contributed by atoms with Crippen molar-refractivity contribution >= 4 is 66.2 Å². The number of hydrogen-bond acceptors (Lipinski definition) is 9. The van der Waals surface area contributed by atoms with E-state index < -0.39 is 16.5 Å². The summed E-state index contributed by atoms with van der Waals surface area (Å²) < 4.78 is 11.6. The molecule has 11 heteroatoms. The Morgan fingerprint density at radius 3 is 2.62 bits per heavy atom. The minimum Gasteiger partial charge on any atom is -0.497 e. The molecule has 0 radical (unpaired) electrons. The molecule has 0 saturated carbocycles. The molecule has 2 heterocycles. The van der Waals surface area contributed by atoms with Crippen LogP contribution < -0.4 is 15.4 Å². The third kappa shape index (κ3) is 4.54. The van der Waals surface area contributed by atoms with Crippen LogP contribution in [0.5, 0.6) is 5.75 Å². The quantitative estimate of drug-likeness (QED) is 0.0799. The molecule has 4 aromatic carbocycles. The molecular formula is C29H18N4O6S.